The van der Waals surface area contributed by atoms with Crippen LogP contribution in [0.4, 0.5) is 0 Å². The van der Waals surface area contributed by atoms with Gasteiger partial charge in [-0.25, -0.2) is 0 Å². The summed E-state index contributed by atoms with van der Waals surface area (Å²) in [6.45, 7) is 18.7. The fraction of sp³-hybridized carbons (Fsp3) is 1.00. The smallest absolute Gasteiger partial charge is 0.00240 e. The van der Waals surface area contributed by atoms with Crippen molar-refractivity contribution in [2.24, 2.45) is 22.7 Å². The van der Waals surface area contributed by atoms with E-state index in [9.17, 15) is 0 Å². The van der Waals surface area contributed by atoms with Crippen LogP contribution in [0.5, 0.6) is 0 Å². The molecule has 0 bridgehead atoms. The van der Waals surface area contributed by atoms with Gasteiger partial charge in [0, 0.05) is 34.2 Å². The monoisotopic (exact) mass is 437 g/mol. The second-order valence-corrected chi connectivity index (χ2v) is 8.27. The molecule has 114 valence electrons. The maximum absolute atomic E-state index is 4.33. The average molecular weight is 437 g/mol. The predicted molar refractivity (Wildman–Crippen MR) is 81.1 cm³/mol. The Kier molecular flexibility index (Phi) is 7.81. The van der Waals surface area contributed by atoms with Gasteiger partial charge in [0.2, 0.25) is 0 Å². The minimum atomic E-state index is 0. The van der Waals surface area contributed by atoms with Crippen LogP contribution in [0, 0.1) is 22.7 Å². The molecule has 2 nitrogen and oxygen atoms in total. The molecule has 19 heavy (non-hydrogen) atoms. The van der Waals surface area contributed by atoms with E-state index in [4.69, 9.17) is 0 Å². The van der Waals surface area contributed by atoms with E-state index in [1.807, 2.05) is 0 Å². The molecule has 0 aromatic rings. The summed E-state index contributed by atoms with van der Waals surface area (Å²) < 4.78 is 0. The maximum Gasteiger partial charge on any atom is 0.00240 e. The third-order valence-corrected chi connectivity index (χ3v) is 4.50. The van der Waals surface area contributed by atoms with Crippen LogP contribution in [-0.2, 0) is 21.1 Å². The van der Waals surface area contributed by atoms with E-state index in [1.54, 1.807) is 0 Å². The Morgan fingerprint density at radius 3 is 1.53 bits per heavy atom. The van der Waals surface area contributed by atoms with Crippen LogP contribution in [0.15, 0.2) is 0 Å². The van der Waals surface area contributed by atoms with Crippen LogP contribution in [0.1, 0.15) is 48.0 Å². The molecule has 2 heterocycles. The van der Waals surface area contributed by atoms with Gasteiger partial charge in [0.1, 0.15) is 0 Å². The number of rotatable bonds is 0. The van der Waals surface area contributed by atoms with E-state index in [2.05, 4.69) is 58.8 Å². The maximum atomic E-state index is 4.33. The van der Waals surface area contributed by atoms with E-state index < -0.39 is 0 Å². The van der Waals surface area contributed by atoms with Crippen molar-refractivity contribution in [1.82, 2.24) is 4.90 Å². The molecule has 0 amide bonds. The van der Waals surface area contributed by atoms with Crippen LogP contribution in [0.25, 0.3) is 5.32 Å². The van der Waals surface area contributed by atoms with E-state index >= 15 is 0 Å². The van der Waals surface area contributed by atoms with Crippen molar-refractivity contribution in [3.05, 3.63) is 5.32 Å². The largest absolute Gasteiger partial charge is 0.662 e. The molecule has 2 saturated heterocycles. The molecular weight excluding hydrogens is 404 g/mol. The SMILES string of the molecule is CC(C)(C)C1CC[N-]C1.CN1CC(C(C)(C)C)C1.[W]. The Labute approximate surface area is 135 Å². The third kappa shape index (κ3) is 6.73. The van der Waals surface area contributed by atoms with Crippen molar-refractivity contribution in [3.63, 3.8) is 0 Å². The summed E-state index contributed by atoms with van der Waals surface area (Å²) in [5.74, 6) is 1.78. The molecule has 0 aromatic carbocycles. The number of hydrogen-bond acceptors (Lipinski definition) is 1. The van der Waals surface area contributed by atoms with E-state index in [0.717, 1.165) is 24.9 Å². The van der Waals surface area contributed by atoms with E-state index in [0.29, 0.717) is 10.8 Å². The fourth-order valence-corrected chi connectivity index (χ4v) is 2.54. The molecule has 2 rings (SSSR count). The van der Waals surface area contributed by atoms with Gasteiger partial charge in [-0.05, 0) is 23.8 Å². The Bertz CT molecular complexity index is 240. The summed E-state index contributed by atoms with van der Waals surface area (Å²) in [6, 6.07) is 0. The molecule has 0 N–H and O–H groups in total. The van der Waals surface area contributed by atoms with Gasteiger partial charge in [-0.15, -0.1) is 13.1 Å². The molecule has 2 fully saturated rings. The zero-order chi connectivity index (χ0) is 14.0. The summed E-state index contributed by atoms with van der Waals surface area (Å²) in [7, 11) is 2.18. The van der Waals surface area contributed by atoms with Gasteiger partial charge in [0.15, 0.2) is 0 Å². The Morgan fingerprint density at radius 2 is 1.37 bits per heavy atom. The van der Waals surface area contributed by atoms with Gasteiger partial charge in [0.05, 0.1) is 0 Å². The summed E-state index contributed by atoms with van der Waals surface area (Å²) in [5, 5.41) is 4.33. The van der Waals surface area contributed by atoms with Crippen LogP contribution in [-0.4, -0.2) is 38.1 Å². The number of hydrogen-bond donors (Lipinski definition) is 0. The summed E-state index contributed by atoms with van der Waals surface area (Å²) in [4.78, 5) is 2.37. The van der Waals surface area contributed by atoms with Crippen molar-refractivity contribution in [1.29, 1.82) is 0 Å². The van der Waals surface area contributed by atoms with Gasteiger partial charge in [-0.1, -0.05) is 53.9 Å². The molecule has 0 saturated carbocycles. The molecule has 0 radical (unpaired) electrons. The van der Waals surface area contributed by atoms with Crippen molar-refractivity contribution in [2.45, 2.75) is 48.0 Å². The first-order valence-electron chi connectivity index (χ1n) is 7.42. The molecule has 0 aromatic heterocycles. The molecule has 2 aliphatic heterocycles. The molecule has 2 aliphatic rings. The van der Waals surface area contributed by atoms with Crippen LogP contribution in [0.2, 0.25) is 0 Å². The second-order valence-electron chi connectivity index (χ2n) is 8.27. The van der Waals surface area contributed by atoms with E-state index in [1.165, 1.54) is 19.5 Å². The Balaban J connectivity index is 0.000000324. The fourth-order valence-electron chi connectivity index (χ4n) is 2.54. The molecule has 0 spiro atoms. The van der Waals surface area contributed by atoms with Crippen LogP contribution in [0.3, 0.4) is 0 Å². The molecule has 1 unspecified atom stereocenters. The minimum absolute atomic E-state index is 0. The van der Waals surface area contributed by atoms with Gasteiger partial charge < -0.3 is 10.2 Å². The number of likely N-dealkylation sites (tertiary alicyclic amines) is 1. The Hall–Kier alpha value is 0.608. The van der Waals surface area contributed by atoms with Crippen molar-refractivity contribution in [3.8, 4) is 0 Å². The Morgan fingerprint density at radius 1 is 0.895 bits per heavy atom. The van der Waals surface area contributed by atoms with Gasteiger partial charge >= 0.3 is 0 Å². The zero-order valence-electron chi connectivity index (χ0n) is 14.0. The first kappa shape index (κ1) is 19.6. The van der Waals surface area contributed by atoms with Crippen molar-refractivity contribution in [2.75, 3.05) is 33.2 Å². The molecular formula is C16H33N2W-. The van der Waals surface area contributed by atoms with Gasteiger partial charge in [-0.3, -0.25) is 0 Å². The number of nitrogens with zero attached hydrogens (tertiary/aromatic N) is 2. The minimum Gasteiger partial charge on any atom is -0.662 e. The van der Waals surface area contributed by atoms with Crippen molar-refractivity contribution >= 4 is 0 Å². The standard InChI is InChI=1S/C8H17N.C8H16N.W/c1-8(2,3)7-5-9(4)6-7;1-8(2,3)7-4-5-9-6-7;/h7H,5-6H2,1-4H3;7H,4-6H2,1-3H3;/q;-1;. The van der Waals surface area contributed by atoms with E-state index in [-0.39, 0.29) is 21.1 Å². The summed E-state index contributed by atoms with van der Waals surface area (Å²) >= 11 is 0. The second kappa shape index (κ2) is 7.57. The summed E-state index contributed by atoms with van der Waals surface area (Å²) in [5.41, 5.74) is 1.02. The topological polar surface area (TPSA) is 17.3 Å². The predicted octanol–water partition coefficient (Wildman–Crippen LogP) is 4.02. The van der Waals surface area contributed by atoms with Gasteiger partial charge in [0.25, 0.3) is 0 Å². The summed E-state index contributed by atoms with van der Waals surface area (Å²) in [6.07, 6.45) is 1.31. The first-order chi connectivity index (χ1) is 8.10. The third-order valence-electron chi connectivity index (χ3n) is 4.50. The zero-order valence-corrected chi connectivity index (χ0v) is 16.9. The molecule has 1 atom stereocenters. The van der Waals surface area contributed by atoms with Crippen LogP contribution < -0.4 is 0 Å². The normalized spacial score (nSPS) is 25.1. The molecule has 0 aliphatic carbocycles. The molecule has 3 heteroatoms. The van der Waals surface area contributed by atoms with Crippen LogP contribution >= 0.6 is 0 Å². The first-order valence-corrected chi connectivity index (χ1v) is 7.42. The average Bonchev–Trinajstić information content (AvgIpc) is 2.64. The van der Waals surface area contributed by atoms with Gasteiger partial charge in [-0.2, -0.15) is 0 Å². The van der Waals surface area contributed by atoms with Crippen molar-refractivity contribution < 1.29 is 21.1 Å². The quantitative estimate of drug-likeness (QED) is 0.560.